The molecule has 2 aromatic rings. The molecule has 1 aromatic carbocycles. The highest BCUT2D eigenvalue weighted by atomic mass is 16.5. The van der Waals surface area contributed by atoms with E-state index in [1.54, 1.807) is 6.08 Å². The largest absolute Gasteiger partial charge is 0.338 e. The van der Waals surface area contributed by atoms with E-state index in [0.717, 1.165) is 12.8 Å². The van der Waals surface area contributed by atoms with Crippen LogP contribution in [0.4, 0.5) is 0 Å². The molecular formula is C17H23N3O. The molecule has 1 heterocycles. The lowest BCUT2D eigenvalue weighted by Crippen LogP contribution is -2.27. The predicted octanol–water partition coefficient (Wildman–Crippen LogP) is 3.75. The van der Waals surface area contributed by atoms with Gasteiger partial charge in [-0.05, 0) is 24.8 Å². The first-order valence-corrected chi connectivity index (χ1v) is 7.44. The van der Waals surface area contributed by atoms with Crippen LogP contribution in [0.3, 0.4) is 0 Å². The van der Waals surface area contributed by atoms with Gasteiger partial charge in [-0.15, -0.1) is 6.58 Å². The van der Waals surface area contributed by atoms with Gasteiger partial charge >= 0.3 is 0 Å². The Bertz CT molecular complexity index is 573. The highest BCUT2D eigenvalue weighted by Crippen LogP contribution is 2.37. The molecule has 0 aliphatic carbocycles. The highest BCUT2D eigenvalue weighted by Gasteiger charge is 2.36. The second-order valence-electron chi connectivity index (χ2n) is 5.24. The molecule has 0 aliphatic rings. The van der Waals surface area contributed by atoms with E-state index in [0.29, 0.717) is 18.1 Å². The van der Waals surface area contributed by atoms with Crippen LogP contribution in [-0.2, 0) is 5.41 Å². The van der Waals surface area contributed by atoms with Crippen LogP contribution in [0.5, 0.6) is 0 Å². The summed E-state index contributed by atoms with van der Waals surface area (Å²) in [6, 6.07) is 10.0. The first kappa shape index (κ1) is 15.4. The molecule has 0 bridgehead atoms. The van der Waals surface area contributed by atoms with Crippen LogP contribution in [-0.4, -0.2) is 10.1 Å². The van der Waals surface area contributed by atoms with Crippen LogP contribution in [0.15, 0.2) is 47.5 Å². The van der Waals surface area contributed by atoms with Gasteiger partial charge in [0.1, 0.15) is 0 Å². The van der Waals surface area contributed by atoms with Crippen molar-refractivity contribution in [3.8, 4) is 0 Å². The maximum atomic E-state index is 6.02. The van der Waals surface area contributed by atoms with E-state index in [1.807, 2.05) is 18.2 Å². The fraction of sp³-hybridized carbons (Fsp3) is 0.412. The zero-order chi connectivity index (χ0) is 15.3. The highest BCUT2D eigenvalue weighted by molar-refractivity contribution is 5.32. The van der Waals surface area contributed by atoms with Crippen LogP contribution in [0.1, 0.15) is 56.4 Å². The third-order valence-electron chi connectivity index (χ3n) is 4.14. The summed E-state index contributed by atoms with van der Waals surface area (Å²) in [7, 11) is 0. The van der Waals surface area contributed by atoms with Crippen LogP contribution in [0.25, 0.3) is 0 Å². The van der Waals surface area contributed by atoms with Crippen molar-refractivity contribution < 1.29 is 4.52 Å². The van der Waals surface area contributed by atoms with Gasteiger partial charge in [0.05, 0.1) is 11.5 Å². The van der Waals surface area contributed by atoms with Crippen molar-refractivity contribution >= 4 is 0 Å². The quantitative estimate of drug-likeness (QED) is 0.787. The lowest BCUT2D eigenvalue weighted by Gasteiger charge is -2.28. The molecule has 0 spiro atoms. The summed E-state index contributed by atoms with van der Waals surface area (Å²) < 4.78 is 5.38. The molecule has 0 amide bonds. The Morgan fingerprint density at radius 1 is 1.29 bits per heavy atom. The van der Waals surface area contributed by atoms with Gasteiger partial charge in [-0.25, -0.2) is 0 Å². The van der Waals surface area contributed by atoms with E-state index in [4.69, 9.17) is 10.3 Å². The Kier molecular flexibility index (Phi) is 4.91. The first-order valence-electron chi connectivity index (χ1n) is 7.44. The van der Waals surface area contributed by atoms with Crippen molar-refractivity contribution in [3.05, 3.63) is 60.3 Å². The van der Waals surface area contributed by atoms with E-state index in [1.165, 1.54) is 5.56 Å². The molecule has 21 heavy (non-hydrogen) atoms. The minimum absolute atomic E-state index is 0.225. The third kappa shape index (κ3) is 2.90. The van der Waals surface area contributed by atoms with Crippen molar-refractivity contribution in [1.82, 2.24) is 10.1 Å². The number of nitrogens with zero attached hydrogens (tertiary/aromatic N) is 2. The van der Waals surface area contributed by atoms with Gasteiger partial charge in [0.25, 0.3) is 0 Å². The van der Waals surface area contributed by atoms with Crippen molar-refractivity contribution in [2.24, 2.45) is 5.73 Å². The van der Waals surface area contributed by atoms with Crippen molar-refractivity contribution in [2.75, 3.05) is 0 Å². The van der Waals surface area contributed by atoms with Gasteiger partial charge in [-0.2, -0.15) is 4.98 Å². The van der Waals surface area contributed by atoms with Gasteiger partial charge in [-0.1, -0.05) is 55.4 Å². The van der Waals surface area contributed by atoms with Crippen molar-refractivity contribution in [2.45, 2.75) is 44.6 Å². The molecule has 0 saturated heterocycles. The maximum Gasteiger partial charge on any atom is 0.243 e. The number of aromatic nitrogens is 2. The van der Waals surface area contributed by atoms with Gasteiger partial charge < -0.3 is 10.3 Å². The number of hydrogen-bond acceptors (Lipinski definition) is 4. The topological polar surface area (TPSA) is 64.9 Å². The zero-order valence-corrected chi connectivity index (χ0v) is 12.7. The van der Waals surface area contributed by atoms with E-state index < -0.39 is 0 Å². The Balaban J connectivity index is 2.42. The molecule has 112 valence electrons. The van der Waals surface area contributed by atoms with Crippen LogP contribution < -0.4 is 5.73 Å². The normalized spacial score (nSPS) is 13.1. The number of rotatable bonds is 7. The number of benzene rings is 1. The van der Waals surface area contributed by atoms with Crippen LogP contribution in [0.2, 0.25) is 0 Å². The summed E-state index contributed by atoms with van der Waals surface area (Å²) in [6.07, 6.45) is 4.20. The van der Waals surface area contributed by atoms with Crippen molar-refractivity contribution in [1.29, 1.82) is 0 Å². The monoisotopic (exact) mass is 285 g/mol. The summed E-state index contributed by atoms with van der Waals surface area (Å²) >= 11 is 0. The molecule has 0 fully saturated rings. The summed E-state index contributed by atoms with van der Waals surface area (Å²) in [4.78, 5) is 4.57. The lowest BCUT2D eigenvalue weighted by molar-refractivity contribution is 0.338. The molecular weight excluding hydrogens is 262 g/mol. The van der Waals surface area contributed by atoms with E-state index in [2.05, 4.69) is 42.7 Å². The Morgan fingerprint density at radius 3 is 2.52 bits per heavy atom. The van der Waals surface area contributed by atoms with Gasteiger partial charge in [-0.3, -0.25) is 0 Å². The summed E-state index contributed by atoms with van der Waals surface area (Å²) in [5.41, 5.74) is 7.00. The predicted molar refractivity (Wildman–Crippen MR) is 83.8 cm³/mol. The molecule has 4 nitrogen and oxygen atoms in total. The summed E-state index contributed by atoms with van der Waals surface area (Å²) in [5.74, 6) is 1.19. The third-order valence-corrected chi connectivity index (χ3v) is 4.14. The van der Waals surface area contributed by atoms with Gasteiger partial charge in [0, 0.05) is 0 Å². The molecule has 2 N–H and O–H groups in total. The minimum atomic E-state index is -0.286. The Morgan fingerprint density at radius 2 is 1.95 bits per heavy atom. The average molecular weight is 285 g/mol. The second kappa shape index (κ2) is 6.68. The molecule has 0 aliphatic heterocycles. The van der Waals surface area contributed by atoms with Gasteiger partial charge in [0.2, 0.25) is 5.89 Å². The van der Waals surface area contributed by atoms with Gasteiger partial charge in [0.15, 0.2) is 5.82 Å². The fourth-order valence-corrected chi connectivity index (χ4v) is 2.72. The van der Waals surface area contributed by atoms with E-state index >= 15 is 0 Å². The molecule has 4 heteroatoms. The Labute approximate surface area is 126 Å². The molecule has 1 atom stereocenters. The molecule has 2 rings (SSSR count). The second-order valence-corrected chi connectivity index (χ2v) is 5.24. The molecule has 0 radical (unpaired) electrons. The molecule has 1 unspecified atom stereocenters. The van der Waals surface area contributed by atoms with Crippen LogP contribution in [0, 0.1) is 0 Å². The SMILES string of the molecule is C=CCC(N)c1nc(C(CC)(CC)c2ccccc2)no1. The smallest absolute Gasteiger partial charge is 0.243 e. The first-order chi connectivity index (χ1) is 10.2. The standard InChI is InChI=1S/C17H23N3O/c1-4-10-14(18)15-19-16(20-21-15)17(5-2,6-3)13-11-8-7-9-12-13/h4,7-9,11-12,14H,1,5-6,10,18H2,2-3H3. The Hall–Kier alpha value is -1.94. The maximum absolute atomic E-state index is 6.02. The number of hydrogen-bond donors (Lipinski definition) is 1. The molecule has 0 saturated carbocycles. The molecule has 1 aromatic heterocycles. The fourth-order valence-electron chi connectivity index (χ4n) is 2.72. The lowest BCUT2D eigenvalue weighted by atomic mass is 9.75. The van der Waals surface area contributed by atoms with Crippen LogP contribution >= 0.6 is 0 Å². The average Bonchev–Trinajstić information content (AvgIpc) is 3.01. The van der Waals surface area contributed by atoms with E-state index in [-0.39, 0.29) is 11.5 Å². The summed E-state index contributed by atoms with van der Waals surface area (Å²) in [5, 5.41) is 4.21. The summed E-state index contributed by atoms with van der Waals surface area (Å²) in [6.45, 7) is 7.99. The van der Waals surface area contributed by atoms with E-state index in [9.17, 15) is 0 Å². The minimum Gasteiger partial charge on any atom is -0.338 e. The number of nitrogens with two attached hydrogens (primary N) is 1. The van der Waals surface area contributed by atoms with Crippen molar-refractivity contribution in [3.63, 3.8) is 0 Å². The zero-order valence-electron chi connectivity index (χ0n) is 12.7.